The van der Waals surface area contributed by atoms with Gasteiger partial charge in [-0.25, -0.2) is 13.1 Å². The molecule has 2 aromatic carbocycles. The van der Waals surface area contributed by atoms with Crippen molar-refractivity contribution < 1.29 is 18.0 Å². The standard InChI is InChI=1S/C17H16N2O4S/c1-13(20)18-16-9-5-8-15(12-16)17(21)19-24(22,23)11-10-14-6-3-2-4-7-14/h2-12H,1H3,(H,18,20)(H,19,21)/b11-10+. The van der Waals surface area contributed by atoms with Crippen LogP contribution in [0.3, 0.4) is 0 Å². The van der Waals surface area contributed by atoms with Crippen LogP contribution < -0.4 is 10.0 Å². The van der Waals surface area contributed by atoms with Gasteiger partial charge in [0.1, 0.15) is 0 Å². The van der Waals surface area contributed by atoms with E-state index in [1.165, 1.54) is 25.1 Å². The first-order valence-corrected chi connectivity index (χ1v) is 8.58. The van der Waals surface area contributed by atoms with Crippen molar-refractivity contribution in [2.45, 2.75) is 6.92 Å². The van der Waals surface area contributed by atoms with Crippen LogP contribution in [0.5, 0.6) is 0 Å². The van der Waals surface area contributed by atoms with E-state index in [0.717, 1.165) is 5.41 Å². The molecule has 2 amide bonds. The molecule has 124 valence electrons. The second-order valence-electron chi connectivity index (χ2n) is 4.95. The van der Waals surface area contributed by atoms with Crippen molar-refractivity contribution in [2.24, 2.45) is 0 Å². The molecule has 0 saturated heterocycles. The Balaban J connectivity index is 2.10. The second-order valence-corrected chi connectivity index (χ2v) is 6.52. The van der Waals surface area contributed by atoms with Crippen LogP contribution in [0.15, 0.2) is 60.0 Å². The molecule has 0 aromatic heterocycles. The molecule has 6 nitrogen and oxygen atoms in total. The molecule has 0 aliphatic carbocycles. The first-order chi connectivity index (χ1) is 11.4. The molecule has 0 unspecified atom stereocenters. The summed E-state index contributed by atoms with van der Waals surface area (Å²) in [6.07, 6.45) is 1.39. The van der Waals surface area contributed by atoms with Crippen molar-refractivity contribution in [3.05, 3.63) is 71.1 Å². The summed E-state index contributed by atoms with van der Waals surface area (Å²) in [6.45, 7) is 1.34. The van der Waals surface area contributed by atoms with E-state index in [1.54, 1.807) is 36.4 Å². The second kappa shape index (κ2) is 7.56. The fraction of sp³-hybridized carbons (Fsp3) is 0.0588. The molecule has 24 heavy (non-hydrogen) atoms. The minimum atomic E-state index is -3.93. The van der Waals surface area contributed by atoms with Crippen LogP contribution in [0, 0.1) is 0 Å². The Bertz CT molecular complexity index is 874. The predicted molar refractivity (Wildman–Crippen MR) is 92.6 cm³/mol. The average Bonchev–Trinajstić information content (AvgIpc) is 2.53. The smallest absolute Gasteiger partial charge is 0.265 e. The van der Waals surface area contributed by atoms with Crippen LogP contribution in [-0.4, -0.2) is 20.2 Å². The number of amides is 2. The Labute approximate surface area is 140 Å². The van der Waals surface area contributed by atoms with Gasteiger partial charge >= 0.3 is 0 Å². The zero-order chi connectivity index (χ0) is 17.6. The van der Waals surface area contributed by atoms with E-state index in [9.17, 15) is 18.0 Å². The normalized spacial score (nSPS) is 11.2. The first-order valence-electron chi connectivity index (χ1n) is 7.04. The molecule has 0 atom stereocenters. The number of carbonyl (C=O) groups is 2. The fourth-order valence-corrected chi connectivity index (χ4v) is 2.68. The Kier molecular flexibility index (Phi) is 5.49. The summed E-state index contributed by atoms with van der Waals surface area (Å²) in [7, 11) is -3.93. The topological polar surface area (TPSA) is 92.3 Å². The molecule has 0 spiro atoms. The first kappa shape index (κ1) is 17.4. The van der Waals surface area contributed by atoms with E-state index in [4.69, 9.17) is 0 Å². The molecule has 0 fully saturated rings. The van der Waals surface area contributed by atoms with Crippen LogP contribution in [0.25, 0.3) is 6.08 Å². The highest BCUT2D eigenvalue weighted by atomic mass is 32.2. The number of rotatable bonds is 5. The van der Waals surface area contributed by atoms with Gasteiger partial charge in [0.2, 0.25) is 5.91 Å². The average molecular weight is 344 g/mol. The van der Waals surface area contributed by atoms with Crippen molar-refractivity contribution in [1.82, 2.24) is 4.72 Å². The van der Waals surface area contributed by atoms with Crippen LogP contribution in [0.1, 0.15) is 22.8 Å². The fourth-order valence-electron chi connectivity index (χ4n) is 1.90. The van der Waals surface area contributed by atoms with Gasteiger partial charge < -0.3 is 5.32 Å². The van der Waals surface area contributed by atoms with Gasteiger partial charge in [-0.1, -0.05) is 36.4 Å². The van der Waals surface area contributed by atoms with Crippen molar-refractivity contribution >= 4 is 33.6 Å². The molecule has 2 N–H and O–H groups in total. The van der Waals surface area contributed by atoms with E-state index in [0.29, 0.717) is 11.3 Å². The summed E-state index contributed by atoms with van der Waals surface area (Å²) < 4.78 is 25.9. The highest BCUT2D eigenvalue weighted by Crippen LogP contribution is 2.11. The molecule has 0 bridgehead atoms. The molecule has 0 aliphatic rings. The summed E-state index contributed by atoms with van der Waals surface area (Å²) in [4.78, 5) is 23.1. The van der Waals surface area contributed by atoms with Crippen molar-refractivity contribution in [1.29, 1.82) is 0 Å². The zero-order valence-corrected chi connectivity index (χ0v) is 13.7. The minimum Gasteiger partial charge on any atom is -0.326 e. The van der Waals surface area contributed by atoms with Crippen LogP contribution >= 0.6 is 0 Å². The van der Waals surface area contributed by atoms with Crippen molar-refractivity contribution in [2.75, 3.05) is 5.32 Å². The molecule has 2 aromatic rings. The number of benzene rings is 2. The number of sulfonamides is 1. The van der Waals surface area contributed by atoms with Gasteiger partial charge in [0.25, 0.3) is 15.9 Å². The van der Waals surface area contributed by atoms with Crippen LogP contribution in [-0.2, 0) is 14.8 Å². The lowest BCUT2D eigenvalue weighted by Gasteiger charge is -2.06. The van der Waals surface area contributed by atoms with Crippen LogP contribution in [0.4, 0.5) is 5.69 Å². The third kappa shape index (κ3) is 5.36. The molecule has 2 rings (SSSR count). The van der Waals surface area contributed by atoms with Gasteiger partial charge in [-0.05, 0) is 29.8 Å². The summed E-state index contributed by atoms with van der Waals surface area (Å²) in [5, 5.41) is 3.46. The summed E-state index contributed by atoms with van der Waals surface area (Å²) in [5.41, 5.74) is 1.23. The highest BCUT2D eigenvalue weighted by molar-refractivity contribution is 7.93. The maximum atomic E-state index is 12.1. The predicted octanol–water partition coefficient (Wildman–Crippen LogP) is 2.38. The molecule has 0 radical (unpaired) electrons. The van der Waals surface area contributed by atoms with Gasteiger partial charge in [-0.15, -0.1) is 0 Å². The molecular weight excluding hydrogens is 328 g/mol. The Hall–Kier alpha value is -2.93. The van der Waals surface area contributed by atoms with E-state index < -0.39 is 15.9 Å². The van der Waals surface area contributed by atoms with Gasteiger partial charge in [-0.3, -0.25) is 9.59 Å². The van der Waals surface area contributed by atoms with Crippen molar-refractivity contribution in [3.63, 3.8) is 0 Å². The molecular formula is C17H16N2O4S. The van der Waals surface area contributed by atoms with E-state index in [1.807, 2.05) is 10.8 Å². The Morgan fingerprint density at radius 2 is 1.71 bits per heavy atom. The number of anilines is 1. The summed E-state index contributed by atoms with van der Waals surface area (Å²) in [5.74, 6) is -1.06. The molecule has 7 heteroatoms. The largest absolute Gasteiger partial charge is 0.326 e. The van der Waals surface area contributed by atoms with Crippen molar-refractivity contribution in [3.8, 4) is 0 Å². The number of hydrogen-bond acceptors (Lipinski definition) is 4. The minimum absolute atomic E-state index is 0.123. The summed E-state index contributed by atoms with van der Waals surface area (Å²) in [6, 6.07) is 14.8. The van der Waals surface area contributed by atoms with Gasteiger partial charge in [0.15, 0.2) is 0 Å². The summed E-state index contributed by atoms with van der Waals surface area (Å²) >= 11 is 0. The third-order valence-corrected chi connectivity index (χ3v) is 3.88. The maximum absolute atomic E-state index is 12.1. The number of nitrogens with one attached hydrogen (secondary N) is 2. The Morgan fingerprint density at radius 1 is 1.00 bits per heavy atom. The number of hydrogen-bond donors (Lipinski definition) is 2. The quantitative estimate of drug-likeness (QED) is 0.871. The van der Waals surface area contributed by atoms with Gasteiger partial charge in [-0.2, -0.15) is 0 Å². The van der Waals surface area contributed by atoms with Gasteiger partial charge in [0, 0.05) is 18.2 Å². The monoisotopic (exact) mass is 344 g/mol. The third-order valence-electron chi connectivity index (χ3n) is 2.92. The molecule has 0 saturated carbocycles. The van der Waals surface area contributed by atoms with E-state index in [2.05, 4.69) is 5.32 Å². The number of carbonyl (C=O) groups excluding carboxylic acids is 2. The zero-order valence-electron chi connectivity index (χ0n) is 12.9. The highest BCUT2D eigenvalue weighted by Gasteiger charge is 2.13. The lowest BCUT2D eigenvalue weighted by Crippen LogP contribution is -2.28. The Morgan fingerprint density at radius 3 is 2.38 bits per heavy atom. The maximum Gasteiger partial charge on any atom is 0.265 e. The van der Waals surface area contributed by atoms with E-state index >= 15 is 0 Å². The van der Waals surface area contributed by atoms with Gasteiger partial charge in [0.05, 0.1) is 5.41 Å². The molecule has 0 aliphatic heterocycles. The van der Waals surface area contributed by atoms with Crippen LogP contribution in [0.2, 0.25) is 0 Å². The SMILES string of the molecule is CC(=O)Nc1cccc(C(=O)NS(=O)(=O)/C=C/c2ccccc2)c1. The lowest BCUT2D eigenvalue weighted by molar-refractivity contribution is -0.114. The van der Waals surface area contributed by atoms with E-state index in [-0.39, 0.29) is 11.5 Å². The molecule has 0 heterocycles. The lowest BCUT2D eigenvalue weighted by atomic mass is 10.2.